The molecule has 1 unspecified atom stereocenters. The van der Waals surface area contributed by atoms with Gasteiger partial charge in [-0.25, -0.2) is 0 Å². The van der Waals surface area contributed by atoms with Gasteiger partial charge in [-0.15, -0.1) is 0 Å². The number of halogens is 1. The number of anilines is 2. The van der Waals surface area contributed by atoms with Gasteiger partial charge >= 0.3 is 0 Å². The maximum Gasteiger partial charge on any atom is 0.255 e. The number of nitrogens with one attached hydrogen (secondary N) is 2. The molecule has 4 rings (SSSR count). The van der Waals surface area contributed by atoms with Gasteiger partial charge in [-0.05, 0) is 83.4 Å². The molecule has 33 heavy (non-hydrogen) atoms. The standard InChI is InChI=1S/C23H25BrN6O3/c1-6-33-21-16(24)10-15(11-18(21)32-5)20-19(14(4)25-23-27-28-29-30(20)23)22(31)26-17-8-7-12(2)9-13(17)3/h7-11,20H,6H2,1-5H3,(H,26,31)(H,25,27,29). The van der Waals surface area contributed by atoms with E-state index in [2.05, 4.69) is 42.1 Å². The van der Waals surface area contributed by atoms with Crippen molar-refractivity contribution in [2.24, 2.45) is 0 Å². The van der Waals surface area contributed by atoms with Crippen molar-refractivity contribution < 1.29 is 14.3 Å². The lowest BCUT2D eigenvalue weighted by atomic mass is 9.94. The first-order chi connectivity index (χ1) is 15.8. The molecule has 1 aliphatic rings. The number of hydrogen-bond donors (Lipinski definition) is 2. The molecular weight excluding hydrogens is 488 g/mol. The predicted molar refractivity (Wildman–Crippen MR) is 129 cm³/mol. The minimum Gasteiger partial charge on any atom is -0.493 e. The predicted octanol–water partition coefficient (Wildman–Crippen LogP) is 4.39. The molecule has 0 aliphatic carbocycles. The van der Waals surface area contributed by atoms with Crippen molar-refractivity contribution in [3.8, 4) is 11.5 Å². The smallest absolute Gasteiger partial charge is 0.255 e. The summed E-state index contributed by atoms with van der Waals surface area (Å²) in [6.07, 6.45) is 0. The molecule has 0 saturated heterocycles. The Morgan fingerprint density at radius 2 is 2.03 bits per heavy atom. The Balaban J connectivity index is 1.81. The van der Waals surface area contributed by atoms with Gasteiger partial charge in [-0.2, -0.15) is 4.68 Å². The van der Waals surface area contributed by atoms with Gasteiger partial charge in [-0.1, -0.05) is 22.8 Å². The van der Waals surface area contributed by atoms with Gasteiger partial charge in [0.05, 0.1) is 23.8 Å². The molecule has 1 aromatic heterocycles. The van der Waals surface area contributed by atoms with E-state index in [1.807, 2.05) is 58.0 Å². The molecule has 0 fully saturated rings. The molecule has 0 saturated carbocycles. The highest BCUT2D eigenvalue weighted by molar-refractivity contribution is 9.10. The molecule has 0 spiro atoms. The van der Waals surface area contributed by atoms with Gasteiger partial charge in [0.1, 0.15) is 6.04 Å². The van der Waals surface area contributed by atoms with Gasteiger partial charge in [0.2, 0.25) is 5.95 Å². The quantitative estimate of drug-likeness (QED) is 0.504. The fourth-order valence-electron chi connectivity index (χ4n) is 3.94. The summed E-state index contributed by atoms with van der Waals surface area (Å²) in [5, 5.41) is 18.2. The first-order valence-corrected chi connectivity index (χ1v) is 11.3. The number of aryl methyl sites for hydroxylation is 2. The minimum atomic E-state index is -0.581. The van der Waals surface area contributed by atoms with Crippen molar-refractivity contribution >= 4 is 33.5 Å². The van der Waals surface area contributed by atoms with Crippen LogP contribution in [0.4, 0.5) is 11.6 Å². The van der Waals surface area contributed by atoms with E-state index in [0.717, 1.165) is 22.4 Å². The van der Waals surface area contributed by atoms with Gasteiger partial charge in [0.25, 0.3) is 5.91 Å². The first kappa shape index (κ1) is 22.8. The van der Waals surface area contributed by atoms with E-state index in [1.54, 1.807) is 11.8 Å². The van der Waals surface area contributed by atoms with Crippen LogP contribution in [0.2, 0.25) is 0 Å². The highest BCUT2D eigenvalue weighted by Crippen LogP contribution is 2.42. The molecule has 1 amide bonds. The van der Waals surface area contributed by atoms with Gasteiger partial charge in [-0.3, -0.25) is 4.79 Å². The molecule has 2 aromatic carbocycles. The number of allylic oxidation sites excluding steroid dienone is 1. The summed E-state index contributed by atoms with van der Waals surface area (Å²) in [5.74, 6) is 1.34. The van der Waals surface area contributed by atoms with Crippen molar-refractivity contribution in [2.45, 2.75) is 33.7 Å². The Hall–Kier alpha value is -3.40. The van der Waals surface area contributed by atoms with E-state index < -0.39 is 6.04 Å². The van der Waals surface area contributed by atoms with Crippen LogP contribution in [0.15, 0.2) is 46.1 Å². The number of tetrazole rings is 1. The molecule has 1 aliphatic heterocycles. The average Bonchev–Trinajstić information content (AvgIpc) is 3.23. The molecule has 1 atom stereocenters. The molecule has 0 radical (unpaired) electrons. The Morgan fingerprint density at radius 3 is 2.73 bits per heavy atom. The van der Waals surface area contributed by atoms with Crippen LogP contribution in [0.3, 0.4) is 0 Å². The number of amides is 1. The molecule has 2 heterocycles. The minimum absolute atomic E-state index is 0.248. The van der Waals surface area contributed by atoms with Crippen LogP contribution in [0, 0.1) is 13.8 Å². The number of aromatic nitrogens is 4. The Bertz CT molecular complexity index is 1250. The lowest BCUT2D eigenvalue weighted by Gasteiger charge is -2.28. The second-order valence-electron chi connectivity index (χ2n) is 7.75. The van der Waals surface area contributed by atoms with Crippen molar-refractivity contribution in [2.75, 3.05) is 24.4 Å². The summed E-state index contributed by atoms with van der Waals surface area (Å²) in [7, 11) is 1.58. The number of ether oxygens (including phenoxy) is 2. The van der Waals surface area contributed by atoms with Crippen LogP contribution in [0.5, 0.6) is 11.5 Å². The second-order valence-corrected chi connectivity index (χ2v) is 8.61. The zero-order chi connectivity index (χ0) is 23.7. The van der Waals surface area contributed by atoms with Crippen molar-refractivity contribution in [3.05, 3.63) is 62.8 Å². The Labute approximate surface area is 200 Å². The lowest BCUT2D eigenvalue weighted by molar-refractivity contribution is -0.113. The molecule has 0 bridgehead atoms. The van der Waals surface area contributed by atoms with Crippen LogP contribution >= 0.6 is 15.9 Å². The number of hydrogen-bond acceptors (Lipinski definition) is 7. The third kappa shape index (κ3) is 4.30. The summed E-state index contributed by atoms with van der Waals surface area (Å²) in [6, 6.07) is 9.06. The third-order valence-corrected chi connectivity index (χ3v) is 6.03. The summed E-state index contributed by atoms with van der Waals surface area (Å²) in [6.45, 7) is 8.21. The van der Waals surface area contributed by atoms with Crippen LogP contribution < -0.4 is 20.1 Å². The van der Waals surface area contributed by atoms with E-state index in [1.165, 1.54) is 0 Å². The van der Waals surface area contributed by atoms with E-state index in [4.69, 9.17) is 9.47 Å². The van der Waals surface area contributed by atoms with E-state index in [-0.39, 0.29) is 5.91 Å². The lowest BCUT2D eigenvalue weighted by Crippen LogP contribution is -2.31. The van der Waals surface area contributed by atoms with Crippen molar-refractivity contribution in [3.63, 3.8) is 0 Å². The Kier molecular flexibility index (Phi) is 6.37. The van der Waals surface area contributed by atoms with Crippen LogP contribution in [0.1, 0.15) is 36.6 Å². The summed E-state index contributed by atoms with van der Waals surface area (Å²) < 4.78 is 13.6. The van der Waals surface area contributed by atoms with E-state index in [9.17, 15) is 4.79 Å². The Morgan fingerprint density at radius 1 is 1.24 bits per heavy atom. The van der Waals surface area contributed by atoms with Gasteiger partial charge < -0.3 is 20.1 Å². The van der Waals surface area contributed by atoms with Crippen LogP contribution in [-0.2, 0) is 4.79 Å². The summed E-state index contributed by atoms with van der Waals surface area (Å²) in [5.41, 5.74) is 4.78. The van der Waals surface area contributed by atoms with Gasteiger partial charge in [0.15, 0.2) is 11.5 Å². The highest BCUT2D eigenvalue weighted by Gasteiger charge is 2.35. The third-order valence-electron chi connectivity index (χ3n) is 5.45. The fraction of sp³-hybridized carbons (Fsp3) is 0.304. The van der Waals surface area contributed by atoms with Crippen molar-refractivity contribution in [1.82, 2.24) is 20.2 Å². The molecular formula is C23H25BrN6O3. The zero-order valence-corrected chi connectivity index (χ0v) is 20.6. The number of methoxy groups -OCH3 is 1. The summed E-state index contributed by atoms with van der Waals surface area (Å²) in [4.78, 5) is 13.6. The van der Waals surface area contributed by atoms with Crippen LogP contribution in [0.25, 0.3) is 0 Å². The molecule has 10 heteroatoms. The number of nitrogens with zero attached hydrogens (tertiary/aromatic N) is 4. The van der Waals surface area contributed by atoms with Gasteiger partial charge in [0, 0.05) is 11.4 Å². The fourth-order valence-corrected chi connectivity index (χ4v) is 4.51. The maximum atomic E-state index is 13.6. The normalized spacial score (nSPS) is 15.0. The molecule has 2 N–H and O–H groups in total. The molecule has 3 aromatic rings. The largest absolute Gasteiger partial charge is 0.493 e. The molecule has 172 valence electrons. The number of benzene rings is 2. The maximum absolute atomic E-state index is 13.6. The number of rotatable bonds is 6. The summed E-state index contributed by atoms with van der Waals surface area (Å²) >= 11 is 3.58. The van der Waals surface area contributed by atoms with Crippen LogP contribution in [-0.4, -0.2) is 39.8 Å². The average molecular weight is 513 g/mol. The topological polar surface area (TPSA) is 103 Å². The highest BCUT2D eigenvalue weighted by atomic mass is 79.9. The SMILES string of the molecule is CCOc1c(Br)cc(C2C(C(=O)Nc3ccc(C)cc3C)=C(C)Nc3nnnn32)cc1OC. The number of fused-ring (bicyclic) bond motifs is 1. The number of carbonyl (C=O) groups is 1. The second kappa shape index (κ2) is 9.22. The first-order valence-electron chi connectivity index (χ1n) is 10.5. The van der Waals surface area contributed by atoms with Crippen molar-refractivity contribution in [1.29, 1.82) is 0 Å². The molecule has 9 nitrogen and oxygen atoms in total. The van der Waals surface area contributed by atoms with E-state index in [0.29, 0.717) is 39.8 Å². The monoisotopic (exact) mass is 512 g/mol. The zero-order valence-electron chi connectivity index (χ0n) is 19.1. The van der Waals surface area contributed by atoms with E-state index >= 15 is 0 Å². The number of carbonyl (C=O) groups excluding carboxylic acids is 1.